The number of aryl methyl sites for hydroxylation is 1. The zero-order valence-corrected chi connectivity index (χ0v) is 11.1. The highest BCUT2D eigenvalue weighted by Gasteiger charge is 2.24. The number of likely N-dealkylation sites (tertiary alicyclic amines) is 1. The van der Waals surface area contributed by atoms with Crippen LogP contribution < -0.4 is 0 Å². The molecule has 1 saturated heterocycles. The monoisotopic (exact) mass is 244 g/mol. The van der Waals surface area contributed by atoms with Crippen LogP contribution in [0.3, 0.4) is 0 Å². The summed E-state index contributed by atoms with van der Waals surface area (Å²) in [5.41, 5.74) is 2.11. The van der Waals surface area contributed by atoms with Crippen molar-refractivity contribution < 1.29 is 0 Å². The predicted octanol–water partition coefficient (Wildman–Crippen LogP) is 2.06. The molecular weight excluding hydrogens is 224 g/mol. The number of fused-ring (bicyclic) bond motifs is 1. The molecule has 3 rings (SSSR count). The van der Waals surface area contributed by atoms with Gasteiger partial charge in [-0.25, -0.2) is 9.50 Å². The summed E-state index contributed by atoms with van der Waals surface area (Å²) >= 11 is 0. The first kappa shape index (κ1) is 11.7. The van der Waals surface area contributed by atoms with E-state index in [0.717, 1.165) is 30.1 Å². The van der Waals surface area contributed by atoms with Crippen molar-refractivity contribution in [1.82, 2.24) is 19.5 Å². The van der Waals surface area contributed by atoms with Crippen LogP contribution in [0, 0.1) is 6.92 Å². The zero-order valence-electron chi connectivity index (χ0n) is 11.1. The molecule has 2 aromatic rings. The molecule has 96 valence electrons. The number of aromatic nitrogens is 3. The highest BCUT2D eigenvalue weighted by Crippen LogP contribution is 2.19. The molecule has 0 aliphatic carbocycles. The van der Waals surface area contributed by atoms with E-state index in [9.17, 15) is 0 Å². The zero-order chi connectivity index (χ0) is 12.5. The van der Waals surface area contributed by atoms with Crippen LogP contribution in [0.5, 0.6) is 0 Å². The van der Waals surface area contributed by atoms with E-state index in [4.69, 9.17) is 0 Å². The van der Waals surface area contributed by atoms with E-state index in [-0.39, 0.29) is 0 Å². The minimum absolute atomic E-state index is 0.632. The van der Waals surface area contributed by atoms with E-state index in [1.54, 1.807) is 0 Å². The molecule has 1 unspecified atom stereocenters. The summed E-state index contributed by atoms with van der Waals surface area (Å²) in [6, 6.07) is 6.76. The first-order valence-corrected chi connectivity index (χ1v) is 6.83. The van der Waals surface area contributed by atoms with E-state index in [2.05, 4.69) is 34.9 Å². The normalized spacial score (nSPS) is 20.9. The van der Waals surface area contributed by atoms with Gasteiger partial charge in [-0.2, -0.15) is 5.10 Å². The second-order valence-electron chi connectivity index (χ2n) is 5.09. The van der Waals surface area contributed by atoms with Crippen molar-refractivity contribution in [3.05, 3.63) is 29.7 Å². The van der Waals surface area contributed by atoms with E-state index in [1.807, 2.05) is 16.6 Å². The maximum absolute atomic E-state index is 4.63. The lowest BCUT2D eigenvalue weighted by atomic mass is 10.1. The van der Waals surface area contributed by atoms with E-state index in [1.165, 1.54) is 19.4 Å². The van der Waals surface area contributed by atoms with Crippen LogP contribution >= 0.6 is 0 Å². The molecule has 1 fully saturated rings. The second kappa shape index (κ2) is 4.69. The van der Waals surface area contributed by atoms with E-state index < -0.39 is 0 Å². The lowest BCUT2D eigenvalue weighted by molar-refractivity contribution is 0.263. The molecule has 18 heavy (non-hydrogen) atoms. The molecule has 0 amide bonds. The Bertz CT molecular complexity index is 546. The fourth-order valence-electron chi connectivity index (χ4n) is 2.92. The van der Waals surface area contributed by atoms with Crippen molar-refractivity contribution in [2.24, 2.45) is 0 Å². The molecule has 0 N–H and O–H groups in total. The standard InChI is InChI=1S/C14H20N4/c1-3-17-9-5-7-12(17)10-13-15-14-8-4-6-11(2)18(14)16-13/h4,6,8,12H,3,5,7,9-10H2,1-2H3. The van der Waals surface area contributed by atoms with E-state index in [0.29, 0.717) is 6.04 Å². The van der Waals surface area contributed by atoms with Gasteiger partial charge in [-0.3, -0.25) is 0 Å². The summed E-state index contributed by atoms with van der Waals surface area (Å²) in [6.45, 7) is 6.67. The second-order valence-corrected chi connectivity index (χ2v) is 5.09. The largest absolute Gasteiger partial charge is 0.300 e. The van der Waals surface area contributed by atoms with Crippen LogP contribution in [-0.4, -0.2) is 38.6 Å². The van der Waals surface area contributed by atoms with Crippen LogP contribution in [0.1, 0.15) is 31.3 Å². The van der Waals surface area contributed by atoms with Gasteiger partial charge >= 0.3 is 0 Å². The van der Waals surface area contributed by atoms with Gasteiger partial charge in [-0.1, -0.05) is 13.0 Å². The smallest absolute Gasteiger partial charge is 0.155 e. The molecule has 3 heterocycles. The van der Waals surface area contributed by atoms with Gasteiger partial charge in [0.15, 0.2) is 11.5 Å². The summed E-state index contributed by atoms with van der Waals surface area (Å²) in [5.74, 6) is 0.981. The van der Waals surface area contributed by atoms with Gasteiger partial charge in [-0.05, 0) is 45.0 Å². The first-order valence-electron chi connectivity index (χ1n) is 6.83. The van der Waals surface area contributed by atoms with Gasteiger partial charge in [0.2, 0.25) is 0 Å². The summed E-state index contributed by atoms with van der Waals surface area (Å²) < 4.78 is 1.95. The molecule has 4 nitrogen and oxygen atoms in total. The highest BCUT2D eigenvalue weighted by atomic mass is 15.3. The number of hydrogen-bond donors (Lipinski definition) is 0. The number of pyridine rings is 1. The van der Waals surface area contributed by atoms with Crippen molar-refractivity contribution in [2.75, 3.05) is 13.1 Å². The maximum atomic E-state index is 4.63. The van der Waals surface area contributed by atoms with Crippen LogP contribution in [0.2, 0.25) is 0 Å². The average Bonchev–Trinajstić information content (AvgIpc) is 2.96. The van der Waals surface area contributed by atoms with E-state index >= 15 is 0 Å². The van der Waals surface area contributed by atoms with Crippen LogP contribution in [0.4, 0.5) is 0 Å². The third-order valence-corrected chi connectivity index (χ3v) is 3.92. The van der Waals surface area contributed by atoms with Gasteiger partial charge in [0, 0.05) is 18.2 Å². The maximum Gasteiger partial charge on any atom is 0.155 e. The molecule has 4 heteroatoms. The number of likely N-dealkylation sites (N-methyl/N-ethyl adjacent to an activating group) is 1. The molecule has 0 bridgehead atoms. The van der Waals surface area contributed by atoms with Crippen molar-refractivity contribution in [3.63, 3.8) is 0 Å². The van der Waals surface area contributed by atoms with Crippen LogP contribution in [0.15, 0.2) is 18.2 Å². The Kier molecular flexibility index (Phi) is 3.04. The van der Waals surface area contributed by atoms with Crippen molar-refractivity contribution in [1.29, 1.82) is 0 Å². The third-order valence-electron chi connectivity index (χ3n) is 3.92. The lowest BCUT2D eigenvalue weighted by Crippen LogP contribution is -2.31. The van der Waals surface area contributed by atoms with Gasteiger partial charge in [0.25, 0.3) is 0 Å². The first-order chi connectivity index (χ1) is 8.78. The molecule has 0 radical (unpaired) electrons. The molecule has 2 aromatic heterocycles. The summed E-state index contributed by atoms with van der Waals surface area (Å²) in [5, 5.41) is 4.62. The van der Waals surface area contributed by atoms with Crippen molar-refractivity contribution >= 4 is 5.65 Å². The molecule has 1 atom stereocenters. The van der Waals surface area contributed by atoms with Crippen LogP contribution in [0.25, 0.3) is 5.65 Å². The minimum atomic E-state index is 0.632. The summed E-state index contributed by atoms with van der Waals surface area (Å²) in [4.78, 5) is 7.17. The Morgan fingerprint density at radius 2 is 2.28 bits per heavy atom. The fraction of sp³-hybridized carbons (Fsp3) is 0.571. The molecular formula is C14H20N4. The average molecular weight is 244 g/mol. The number of hydrogen-bond acceptors (Lipinski definition) is 3. The van der Waals surface area contributed by atoms with Crippen LogP contribution in [-0.2, 0) is 6.42 Å². The highest BCUT2D eigenvalue weighted by molar-refractivity contribution is 5.38. The van der Waals surface area contributed by atoms with Gasteiger partial charge in [-0.15, -0.1) is 0 Å². The molecule has 1 aliphatic rings. The third kappa shape index (κ3) is 2.01. The molecule has 1 aliphatic heterocycles. The lowest BCUT2D eigenvalue weighted by Gasteiger charge is -2.21. The van der Waals surface area contributed by atoms with Crippen molar-refractivity contribution in [3.8, 4) is 0 Å². The fourth-order valence-corrected chi connectivity index (χ4v) is 2.92. The Morgan fingerprint density at radius 3 is 3.06 bits per heavy atom. The topological polar surface area (TPSA) is 33.4 Å². The minimum Gasteiger partial charge on any atom is -0.300 e. The summed E-state index contributed by atoms with van der Waals surface area (Å²) in [7, 11) is 0. The van der Waals surface area contributed by atoms with Crippen molar-refractivity contribution in [2.45, 2.75) is 39.2 Å². The Hall–Kier alpha value is -1.42. The number of nitrogens with zero attached hydrogens (tertiary/aromatic N) is 4. The Balaban J connectivity index is 1.84. The summed E-state index contributed by atoms with van der Waals surface area (Å²) in [6.07, 6.45) is 3.57. The number of rotatable bonds is 3. The van der Waals surface area contributed by atoms with Gasteiger partial charge < -0.3 is 4.90 Å². The molecule has 0 aromatic carbocycles. The SMILES string of the molecule is CCN1CCCC1Cc1nc2cccc(C)n2n1. The van der Waals surface area contributed by atoms with Gasteiger partial charge in [0.05, 0.1) is 0 Å². The predicted molar refractivity (Wildman–Crippen MR) is 71.7 cm³/mol. The Labute approximate surface area is 108 Å². The van der Waals surface area contributed by atoms with Gasteiger partial charge in [0.1, 0.15) is 0 Å². The molecule has 0 spiro atoms. The molecule has 0 saturated carbocycles. The quantitative estimate of drug-likeness (QED) is 0.828. The Morgan fingerprint density at radius 1 is 1.39 bits per heavy atom.